The summed E-state index contributed by atoms with van der Waals surface area (Å²) in [6, 6.07) is 21.0. The molecule has 0 amide bonds. The van der Waals surface area contributed by atoms with Crippen molar-refractivity contribution >= 4 is 11.6 Å². The van der Waals surface area contributed by atoms with Crippen LogP contribution in [0.4, 0.5) is 8.78 Å². The highest BCUT2D eigenvalue weighted by molar-refractivity contribution is 6.17. The van der Waals surface area contributed by atoms with Gasteiger partial charge in [0.2, 0.25) is 0 Å². The molecule has 0 heterocycles. The second-order valence-corrected chi connectivity index (χ2v) is 9.65. The molecule has 260 valence electrons. The van der Waals surface area contributed by atoms with E-state index in [1.807, 2.05) is 63.2 Å². The van der Waals surface area contributed by atoms with Crippen molar-refractivity contribution in [1.82, 2.24) is 0 Å². The van der Waals surface area contributed by atoms with Gasteiger partial charge in [-0.15, -0.1) is 11.6 Å². The van der Waals surface area contributed by atoms with E-state index in [1.165, 1.54) is 12.1 Å². The molecule has 0 fully saturated rings. The van der Waals surface area contributed by atoms with E-state index < -0.39 is 0 Å². The minimum absolute atomic E-state index is 0.0320. The van der Waals surface area contributed by atoms with E-state index in [4.69, 9.17) is 88.2 Å². The zero-order chi connectivity index (χ0) is 71.8. The van der Waals surface area contributed by atoms with E-state index in [0.717, 1.165) is 38.9 Å². The lowest BCUT2D eigenvalue weighted by atomic mass is 9.96. The molecule has 4 rings (SSSR count). The molecule has 41 heavy (non-hydrogen) atoms. The summed E-state index contributed by atoms with van der Waals surface area (Å²) in [6.07, 6.45) is 0. The highest BCUT2D eigenvalue weighted by Crippen LogP contribution is 2.32. The van der Waals surface area contributed by atoms with Gasteiger partial charge in [0.15, 0.2) is 0 Å². The number of hydrogen-bond donors (Lipinski definition) is 1. The normalized spacial score (nSPS) is 14.8. The van der Waals surface area contributed by atoms with Gasteiger partial charge in [-0.25, -0.2) is 8.78 Å². The molecule has 4 nitrogen and oxygen atoms in total. The highest BCUT2D eigenvalue weighted by atomic mass is 35.5. The minimum atomic E-state index is -0.285. The summed E-state index contributed by atoms with van der Waals surface area (Å²) < 4.78 is 254. The van der Waals surface area contributed by atoms with Crippen LogP contribution in [0.15, 0.2) is 72.8 Å². The zero-order valence-electron chi connectivity index (χ0n) is 66.0. The van der Waals surface area contributed by atoms with E-state index in [-0.39, 0.29) is 18.2 Å². The molecule has 0 atom stereocenters. The molecule has 7 heteroatoms. The molecule has 0 aliphatic rings. The van der Waals surface area contributed by atoms with E-state index in [2.05, 4.69) is 0 Å². The molecule has 4 aromatic rings. The number of aliphatic hydroxyl groups is 1. The van der Waals surface area contributed by atoms with Crippen molar-refractivity contribution in [2.75, 3.05) is 20.3 Å². The molecule has 0 bridgehead atoms. The van der Waals surface area contributed by atoms with Gasteiger partial charge >= 0.3 is 0 Å². The Bertz CT molecular complexity index is 1510. The fraction of sp³-hybridized carbons (Fsp3) is 0.294. The number of halogens is 3. The molecule has 0 radical (unpaired) electrons. The fourth-order valence-corrected chi connectivity index (χ4v) is 4.51. The van der Waals surface area contributed by atoms with Gasteiger partial charge in [-0.05, 0) is 84.5 Å². The van der Waals surface area contributed by atoms with Gasteiger partial charge < -0.3 is 19.3 Å². The average molecular weight is 710 g/mol. The molecule has 4 aromatic carbocycles. The molecule has 0 saturated carbocycles. The van der Waals surface area contributed by atoms with Crippen molar-refractivity contribution < 1.29 is 90.5 Å². The Morgan fingerprint density at radius 2 is 1.27 bits per heavy atom. The van der Waals surface area contributed by atoms with Crippen LogP contribution in [0.2, 0.25) is 0 Å². The Hall–Kier alpha value is -3.29. The lowest BCUT2D eigenvalue weighted by Gasteiger charge is -2.13. The van der Waals surface area contributed by atoms with Crippen LogP contribution < -0.4 is 4.74 Å². The standard InChI is InChI=1S/C17H18ClFO2.C17H19FO2.21H2/c1-3-21-11-13-8-12(10-18)4-6-15(13)16-9-14(20-2)5-7-17(16)19;1-3-20-11-14-9-13(10-19)5-6-15(14)16-8-12(2)4-7-17(16)18;;;;;;;;;;;;;;;;;;;;;/h4-9H,3,10-11H2,1-2H3;4-9,19H,3,10-11H2,1-2H3;21*1H/i;;21*1+2T. The number of alkyl halides is 1. The topological polar surface area (TPSA) is 47.9 Å². The third-order valence-electron chi connectivity index (χ3n) is 6.48. The van der Waals surface area contributed by atoms with E-state index in [1.54, 1.807) is 25.3 Å². The minimum Gasteiger partial charge on any atom is -0.497 e. The first-order chi connectivity index (χ1) is 40.8. The summed E-state index contributed by atoms with van der Waals surface area (Å²) >= 11 is 5.88. The molecule has 1 N–H and O–H groups in total. The van der Waals surface area contributed by atoms with Crippen molar-refractivity contribution in [2.45, 2.75) is 46.5 Å². The lowest BCUT2D eigenvalue weighted by molar-refractivity contribution is 0.134. The second kappa shape index (κ2) is 16.2. The smallest absolute Gasteiger partial charge is 0.131 e. The van der Waals surface area contributed by atoms with Crippen molar-refractivity contribution in [3.63, 3.8) is 0 Å². The van der Waals surface area contributed by atoms with Gasteiger partial charge in [0.25, 0.3) is 0 Å². The maximum absolute atomic E-state index is 14.2. The maximum Gasteiger partial charge on any atom is 0.131 e. The predicted octanol–water partition coefficient (Wildman–Crippen LogP) is 13.8. The second-order valence-electron chi connectivity index (χ2n) is 9.38. The number of aliphatic hydroxyl groups excluding tert-OH is 1. The quantitative estimate of drug-likeness (QED) is 0.158. The monoisotopic (exact) mass is 709 g/mol. The molecular weight excluding hydrogens is 546 g/mol. The summed E-state index contributed by atoms with van der Waals surface area (Å²) in [5, 5.41) is 9.23. The van der Waals surface area contributed by atoms with Gasteiger partial charge in [0, 0.05) is 92.6 Å². The molecule has 0 spiro atoms. The first-order valence-corrected chi connectivity index (χ1v) is 14.0. The molecule has 0 aliphatic carbocycles. The Balaban J connectivity index is -0.0000000357. The zero-order valence-corrected chi connectivity index (χ0v) is 24.7. The van der Waals surface area contributed by atoms with E-state index >= 15 is 0 Å². The Morgan fingerprint density at radius 3 is 1.80 bits per heavy atom. The predicted molar refractivity (Wildman–Crippen MR) is 205 cm³/mol. The highest BCUT2D eigenvalue weighted by Gasteiger charge is 2.13. The fourth-order valence-electron chi connectivity index (χ4n) is 4.35. The Kier molecular flexibility index (Phi) is 5.46. The van der Waals surface area contributed by atoms with Crippen LogP contribution in [0.3, 0.4) is 0 Å². The van der Waals surface area contributed by atoms with Gasteiger partial charge in [0.1, 0.15) is 17.4 Å². The molecule has 0 aromatic heterocycles. The Morgan fingerprint density at radius 1 is 0.732 bits per heavy atom. The van der Waals surface area contributed by atoms with Crippen LogP contribution in [0, 0.1) is 18.6 Å². The first-order valence-electron chi connectivity index (χ1n) is 34.5. The van der Waals surface area contributed by atoms with Gasteiger partial charge in [-0.1, -0.05) is 48.0 Å². The van der Waals surface area contributed by atoms with E-state index in [9.17, 15) is 13.9 Å². The van der Waals surface area contributed by atoms with Gasteiger partial charge in [-0.2, -0.15) is 0 Å². The lowest BCUT2D eigenvalue weighted by Crippen LogP contribution is -1.98. The number of methoxy groups -OCH3 is 1. The Labute approximate surface area is 311 Å². The summed E-state index contributed by atoms with van der Waals surface area (Å²) in [6.45, 7) is 7.79. The summed E-state index contributed by atoms with van der Waals surface area (Å²) in [5.74, 6) is 0.507. The first kappa shape index (κ1) is 13.8. The third kappa shape index (κ3) is 8.85. The van der Waals surface area contributed by atoms with Crippen LogP contribution in [0.5, 0.6) is 5.75 Å². The maximum atomic E-state index is 14.2. The van der Waals surface area contributed by atoms with Crippen LogP contribution in [-0.2, 0) is 35.2 Å². The van der Waals surface area contributed by atoms with Crippen LogP contribution in [0.1, 0.15) is 104 Å². The van der Waals surface area contributed by atoms with Crippen molar-refractivity contribution in [3.8, 4) is 28.0 Å². The molecule has 0 saturated heterocycles. The van der Waals surface area contributed by atoms with E-state index in [0.29, 0.717) is 49.2 Å². The summed E-state index contributed by atoms with van der Waals surface area (Å²) in [4.78, 5) is 0. The number of rotatable bonds is 11. The van der Waals surface area contributed by atoms with Crippen molar-refractivity contribution in [3.05, 3.63) is 112 Å². The summed E-state index contributed by atoms with van der Waals surface area (Å²) in [5.41, 5.74) is 7.30. The van der Waals surface area contributed by atoms with Crippen molar-refractivity contribution in [2.24, 2.45) is 0 Å². The van der Waals surface area contributed by atoms with Crippen LogP contribution in [0.25, 0.3) is 22.3 Å². The average Bonchev–Trinajstić information content (AvgIpc) is 3.63. The van der Waals surface area contributed by atoms with Crippen LogP contribution in [-0.4, -0.2) is 25.4 Å². The molecule has 0 unspecified atom stereocenters. The SMILES string of the molecule is CCOCc1cc(CCl)ccc1-c1cc(OC)ccc1F.CCOCc1cc(CO)ccc1-c1cc(C)ccc1F.[3H][3H].[3H][3H].[3H][3H].[3H][3H].[3H][3H].[3H][3H].[3H][3H].[3H][3H].[3H][3H].[3H][3H].[3H][3H].[3H][3H].[3H][3H].[3H][3H].[3H][3H].[3H][3H].[3H][3H].[3H][3H].[3H][3H].[3H][3H].[3H][3H]. The third-order valence-corrected chi connectivity index (χ3v) is 6.78. The number of aryl methyl sites for hydroxylation is 1. The number of benzene rings is 4. The number of ether oxygens (including phenoxy) is 3. The summed E-state index contributed by atoms with van der Waals surface area (Å²) in [7, 11) is 1.56. The van der Waals surface area contributed by atoms with Crippen molar-refractivity contribution in [1.29, 1.82) is 0 Å². The van der Waals surface area contributed by atoms with Gasteiger partial charge in [0.05, 0.1) is 26.9 Å². The van der Waals surface area contributed by atoms with Gasteiger partial charge in [-0.3, -0.25) is 0 Å². The largest absolute Gasteiger partial charge is 0.497 e. The molecule has 0 aliphatic heterocycles. The van der Waals surface area contributed by atoms with Crippen LogP contribution >= 0.6 is 11.6 Å². The molecular formula is C34H79ClF2O4. The number of hydrogen-bond acceptors (Lipinski definition) is 4.